The number of halogens is 2. The molecule has 0 spiro atoms. The van der Waals surface area contributed by atoms with Crippen molar-refractivity contribution >= 4 is 29.9 Å². The van der Waals surface area contributed by atoms with Gasteiger partial charge in [0.2, 0.25) is 6.79 Å². The zero-order valence-electron chi connectivity index (χ0n) is 18.2. The van der Waals surface area contributed by atoms with Crippen LogP contribution in [0.4, 0.5) is 4.39 Å². The highest BCUT2D eigenvalue weighted by Gasteiger charge is 2.23. The molecule has 1 fully saturated rings. The second-order valence-corrected chi connectivity index (χ2v) is 7.53. The van der Waals surface area contributed by atoms with Crippen molar-refractivity contribution < 1.29 is 18.6 Å². The quantitative estimate of drug-likeness (QED) is 0.311. The number of nitrogens with one attached hydrogen (secondary N) is 2. The number of hydrogen-bond acceptors (Lipinski definition) is 5. The predicted molar refractivity (Wildman–Crippen MR) is 133 cm³/mol. The first-order valence-corrected chi connectivity index (χ1v) is 10.6. The predicted octanol–water partition coefficient (Wildman–Crippen LogP) is 2.95. The van der Waals surface area contributed by atoms with Gasteiger partial charge in [0.05, 0.1) is 19.3 Å². The Labute approximate surface area is 205 Å². The maximum atomic E-state index is 13.4. The summed E-state index contributed by atoms with van der Waals surface area (Å²) in [5, 5.41) is 6.79. The Morgan fingerprint density at radius 2 is 1.81 bits per heavy atom. The molecule has 2 N–H and O–H groups in total. The van der Waals surface area contributed by atoms with E-state index >= 15 is 0 Å². The highest BCUT2D eigenvalue weighted by Crippen LogP contribution is 2.32. The van der Waals surface area contributed by atoms with Crippen LogP contribution in [0.15, 0.2) is 47.5 Å². The van der Waals surface area contributed by atoms with Crippen LogP contribution in [0, 0.1) is 5.82 Å². The van der Waals surface area contributed by atoms with Crippen molar-refractivity contribution in [2.24, 2.45) is 4.99 Å². The van der Waals surface area contributed by atoms with E-state index in [1.165, 1.54) is 17.7 Å². The number of rotatable bonds is 7. The minimum absolute atomic E-state index is 0. The normalized spacial score (nSPS) is 16.9. The summed E-state index contributed by atoms with van der Waals surface area (Å²) in [6, 6.07) is 12.9. The lowest BCUT2D eigenvalue weighted by molar-refractivity contribution is 0.0170. The molecule has 1 saturated heterocycles. The molecule has 2 aliphatic rings. The van der Waals surface area contributed by atoms with Gasteiger partial charge in [-0.15, -0.1) is 24.0 Å². The summed E-state index contributed by atoms with van der Waals surface area (Å²) in [4.78, 5) is 6.71. The van der Waals surface area contributed by atoms with Gasteiger partial charge in [0.15, 0.2) is 17.5 Å². The summed E-state index contributed by atoms with van der Waals surface area (Å²) in [6.45, 7) is 4.79. The first-order valence-electron chi connectivity index (χ1n) is 10.6. The number of nitrogens with zero attached hydrogens (tertiary/aromatic N) is 2. The number of guanidine groups is 1. The summed E-state index contributed by atoms with van der Waals surface area (Å²) in [5.41, 5.74) is 2.25. The van der Waals surface area contributed by atoms with E-state index in [9.17, 15) is 4.39 Å². The van der Waals surface area contributed by atoms with Crippen LogP contribution in [0.3, 0.4) is 0 Å². The van der Waals surface area contributed by atoms with Gasteiger partial charge in [0.25, 0.3) is 0 Å². The fourth-order valence-corrected chi connectivity index (χ4v) is 3.87. The lowest BCUT2D eigenvalue weighted by Gasteiger charge is -2.35. The number of benzene rings is 2. The van der Waals surface area contributed by atoms with Crippen molar-refractivity contribution in [1.82, 2.24) is 15.5 Å². The maximum absolute atomic E-state index is 13.4. The molecule has 4 rings (SSSR count). The van der Waals surface area contributed by atoms with Crippen molar-refractivity contribution in [2.45, 2.75) is 12.5 Å². The summed E-state index contributed by atoms with van der Waals surface area (Å²) in [6.07, 6.45) is 0.836. The van der Waals surface area contributed by atoms with Crippen LogP contribution in [-0.2, 0) is 11.2 Å². The average Bonchev–Trinajstić information content (AvgIpc) is 3.28. The Morgan fingerprint density at radius 3 is 2.56 bits per heavy atom. The van der Waals surface area contributed by atoms with E-state index in [4.69, 9.17) is 14.2 Å². The van der Waals surface area contributed by atoms with E-state index in [0.717, 1.165) is 49.1 Å². The molecule has 0 aliphatic carbocycles. The number of morpholine rings is 1. The largest absolute Gasteiger partial charge is 0.454 e. The lowest BCUT2D eigenvalue weighted by atomic mass is 10.0. The van der Waals surface area contributed by atoms with Gasteiger partial charge in [-0.25, -0.2) is 4.39 Å². The number of fused-ring (bicyclic) bond motifs is 1. The third-order valence-electron chi connectivity index (χ3n) is 5.57. The Bertz CT molecular complexity index is 891. The molecule has 1 atom stereocenters. The number of hydrogen-bond donors (Lipinski definition) is 2. The highest BCUT2D eigenvalue weighted by atomic mass is 127. The van der Waals surface area contributed by atoms with Crippen molar-refractivity contribution in [2.75, 3.05) is 53.2 Å². The molecule has 2 aromatic rings. The van der Waals surface area contributed by atoms with E-state index in [1.54, 1.807) is 7.05 Å². The molecule has 0 amide bonds. The van der Waals surface area contributed by atoms with E-state index in [-0.39, 0.29) is 42.6 Å². The fraction of sp³-hybridized carbons (Fsp3) is 0.435. The molecule has 32 heavy (non-hydrogen) atoms. The van der Waals surface area contributed by atoms with E-state index in [2.05, 4.69) is 20.5 Å². The summed E-state index contributed by atoms with van der Waals surface area (Å²) in [5.74, 6) is 2.11. The standard InChI is InChI=1S/C23H29FN4O3.HI/c1-25-23(26-9-8-17-2-7-21-22(14-17)31-16-30-21)27-15-20(28-10-12-29-13-11-28)18-3-5-19(24)6-4-18;/h2-7,14,20H,8-13,15-16H2,1H3,(H2,25,26,27);1H. The zero-order valence-corrected chi connectivity index (χ0v) is 20.5. The molecule has 0 saturated carbocycles. The van der Waals surface area contributed by atoms with Gasteiger partial charge in [0, 0.05) is 33.2 Å². The van der Waals surface area contributed by atoms with Crippen LogP contribution in [-0.4, -0.2) is 64.1 Å². The van der Waals surface area contributed by atoms with Gasteiger partial charge in [0.1, 0.15) is 5.82 Å². The van der Waals surface area contributed by atoms with Crippen molar-refractivity contribution in [3.8, 4) is 11.5 Å². The van der Waals surface area contributed by atoms with Gasteiger partial charge in [-0.1, -0.05) is 18.2 Å². The van der Waals surface area contributed by atoms with Gasteiger partial charge in [-0.2, -0.15) is 0 Å². The molecular weight excluding hydrogens is 526 g/mol. The summed E-state index contributed by atoms with van der Waals surface area (Å²) < 4.78 is 29.7. The van der Waals surface area contributed by atoms with Crippen LogP contribution < -0.4 is 20.1 Å². The maximum Gasteiger partial charge on any atom is 0.231 e. The third kappa shape index (κ3) is 6.46. The molecule has 2 aliphatic heterocycles. The Balaban J connectivity index is 0.00000289. The van der Waals surface area contributed by atoms with Gasteiger partial charge < -0.3 is 24.8 Å². The van der Waals surface area contributed by atoms with Gasteiger partial charge in [-0.05, 0) is 41.8 Å². The van der Waals surface area contributed by atoms with Crippen LogP contribution in [0.2, 0.25) is 0 Å². The van der Waals surface area contributed by atoms with E-state index < -0.39 is 0 Å². The smallest absolute Gasteiger partial charge is 0.231 e. The average molecular weight is 556 g/mol. The molecule has 2 heterocycles. The first-order chi connectivity index (χ1) is 15.2. The Hall–Kier alpha value is -2.11. The molecular formula is C23H30FIN4O3. The molecule has 7 nitrogen and oxygen atoms in total. The second kappa shape index (κ2) is 12.2. The van der Waals surface area contributed by atoms with E-state index in [0.29, 0.717) is 19.8 Å². The lowest BCUT2D eigenvalue weighted by Crippen LogP contribution is -2.46. The molecule has 2 aromatic carbocycles. The SMILES string of the molecule is CN=C(NCCc1ccc2c(c1)OCO2)NCC(c1ccc(F)cc1)N1CCOCC1.I. The molecule has 0 aromatic heterocycles. The molecule has 0 radical (unpaired) electrons. The summed E-state index contributed by atoms with van der Waals surface area (Å²) in [7, 11) is 1.76. The Kier molecular flexibility index (Phi) is 9.36. The van der Waals surface area contributed by atoms with Crippen LogP contribution in [0.5, 0.6) is 11.5 Å². The van der Waals surface area contributed by atoms with Crippen molar-refractivity contribution in [1.29, 1.82) is 0 Å². The third-order valence-corrected chi connectivity index (χ3v) is 5.57. The number of aliphatic imine (C=N–C) groups is 1. The second-order valence-electron chi connectivity index (χ2n) is 7.53. The van der Waals surface area contributed by atoms with Gasteiger partial charge in [-0.3, -0.25) is 9.89 Å². The minimum atomic E-state index is -0.224. The fourth-order valence-electron chi connectivity index (χ4n) is 3.87. The van der Waals surface area contributed by atoms with Crippen LogP contribution in [0.25, 0.3) is 0 Å². The Morgan fingerprint density at radius 1 is 1.06 bits per heavy atom. The topological polar surface area (TPSA) is 67.4 Å². The van der Waals surface area contributed by atoms with Crippen molar-refractivity contribution in [3.05, 3.63) is 59.4 Å². The van der Waals surface area contributed by atoms with Crippen LogP contribution >= 0.6 is 24.0 Å². The highest BCUT2D eigenvalue weighted by molar-refractivity contribution is 14.0. The van der Waals surface area contributed by atoms with Crippen LogP contribution in [0.1, 0.15) is 17.2 Å². The zero-order chi connectivity index (χ0) is 21.5. The monoisotopic (exact) mass is 556 g/mol. The molecule has 9 heteroatoms. The molecule has 174 valence electrons. The first kappa shape index (κ1) is 24.5. The van der Waals surface area contributed by atoms with Crippen molar-refractivity contribution in [3.63, 3.8) is 0 Å². The summed E-state index contributed by atoms with van der Waals surface area (Å²) >= 11 is 0. The van der Waals surface area contributed by atoms with E-state index in [1.807, 2.05) is 30.3 Å². The molecule has 0 bridgehead atoms. The number of ether oxygens (including phenoxy) is 3. The van der Waals surface area contributed by atoms with Gasteiger partial charge >= 0.3 is 0 Å². The minimum Gasteiger partial charge on any atom is -0.454 e. The molecule has 1 unspecified atom stereocenters.